The number of ketones is 1. The van der Waals surface area contributed by atoms with Crippen molar-refractivity contribution in [2.45, 2.75) is 6.92 Å². The lowest BCUT2D eigenvalue weighted by Gasteiger charge is -2.35. The van der Waals surface area contributed by atoms with E-state index in [4.69, 9.17) is 27.1 Å². The quantitative estimate of drug-likeness (QED) is 0.383. The van der Waals surface area contributed by atoms with Crippen LogP contribution in [0.1, 0.15) is 17.3 Å². The molecule has 0 aliphatic carbocycles. The fraction of sp³-hybridized carbons (Fsp3) is 0.231. The highest BCUT2D eigenvalue weighted by atomic mass is 35.5. The lowest BCUT2D eigenvalue weighted by atomic mass is 10.1. The van der Waals surface area contributed by atoms with Crippen LogP contribution < -0.4 is 15.4 Å². The molecule has 2 N–H and O–H groups in total. The van der Waals surface area contributed by atoms with Crippen molar-refractivity contribution in [3.8, 4) is 17.0 Å². The second-order valence-corrected chi connectivity index (χ2v) is 9.01. The average Bonchev–Trinajstić information content (AvgIpc) is 2.92. The van der Waals surface area contributed by atoms with E-state index in [2.05, 4.69) is 15.0 Å². The van der Waals surface area contributed by atoms with Crippen molar-refractivity contribution < 1.29 is 14.3 Å². The van der Waals surface area contributed by atoms with Crippen LogP contribution in [0.25, 0.3) is 22.4 Å². The van der Waals surface area contributed by atoms with E-state index in [1.54, 1.807) is 47.5 Å². The Kier molecular flexibility index (Phi) is 6.82. The summed E-state index contributed by atoms with van der Waals surface area (Å²) in [7, 11) is 0. The number of carbonyl (C=O) groups is 2. The minimum Gasteiger partial charge on any atom is -0.484 e. The lowest BCUT2D eigenvalue weighted by Crippen LogP contribution is -2.50. The standard InChI is InChI=1S/C26H24ClN7O3/c1-16(35)17-4-8-20(9-5-17)37-15-22(36)33-10-12-34(13-11-33)25-23-24(31-26(28)32-25)29-14-21(30-23)18-2-6-19(27)7-3-18/h2-9,14H,10-13,15H2,1H3,(H2,28,29,31,32). The van der Waals surface area contributed by atoms with Gasteiger partial charge in [-0.05, 0) is 43.3 Å². The van der Waals surface area contributed by atoms with E-state index in [0.717, 1.165) is 5.56 Å². The van der Waals surface area contributed by atoms with E-state index in [9.17, 15) is 9.59 Å². The third-order valence-electron chi connectivity index (χ3n) is 6.10. The molecule has 0 saturated carbocycles. The molecule has 0 spiro atoms. The summed E-state index contributed by atoms with van der Waals surface area (Å²) >= 11 is 6.02. The maximum atomic E-state index is 12.7. The summed E-state index contributed by atoms with van der Waals surface area (Å²) in [6, 6.07) is 14.1. The van der Waals surface area contributed by atoms with E-state index < -0.39 is 0 Å². The number of amides is 1. The molecule has 1 saturated heterocycles. The molecule has 37 heavy (non-hydrogen) atoms. The van der Waals surface area contributed by atoms with E-state index in [-0.39, 0.29) is 24.2 Å². The number of hydrogen-bond acceptors (Lipinski definition) is 9. The number of carbonyl (C=O) groups excluding carboxylic acids is 2. The van der Waals surface area contributed by atoms with Crippen LogP contribution in [0.5, 0.6) is 5.75 Å². The number of nitrogens with zero attached hydrogens (tertiary/aromatic N) is 6. The molecule has 1 fully saturated rings. The number of rotatable bonds is 6. The molecule has 3 heterocycles. The largest absolute Gasteiger partial charge is 0.484 e. The molecule has 1 aliphatic rings. The third kappa shape index (κ3) is 5.44. The fourth-order valence-corrected chi connectivity index (χ4v) is 4.21. The Morgan fingerprint density at radius 1 is 0.973 bits per heavy atom. The van der Waals surface area contributed by atoms with Crippen molar-refractivity contribution in [1.29, 1.82) is 0 Å². The van der Waals surface area contributed by atoms with Crippen molar-refractivity contribution >= 4 is 46.2 Å². The van der Waals surface area contributed by atoms with E-state index in [1.807, 2.05) is 17.0 Å². The van der Waals surface area contributed by atoms with Crippen LogP contribution in [0, 0.1) is 0 Å². The molecule has 0 unspecified atom stereocenters. The zero-order valence-corrected chi connectivity index (χ0v) is 20.9. The molecule has 0 bridgehead atoms. The average molecular weight is 518 g/mol. The third-order valence-corrected chi connectivity index (χ3v) is 6.35. The Morgan fingerprint density at radius 3 is 2.35 bits per heavy atom. The van der Waals surface area contributed by atoms with E-state index in [1.165, 1.54) is 6.92 Å². The number of piperazine rings is 1. The van der Waals surface area contributed by atoms with E-state index in [0.29, 0.717) is 65.2 Å². The Balaban J connectivity index is 1.27. The van der Waals surface area contributed by atoms with Gasteiger partial charge in [0.1, 0.15) is 5.75 Å². The Morgan fingerprint density at radius 2 is 1.68 bits per heavy atom. The number of benzene rings is 2. The van der Waals surface area contributed by atoms with Gasteiger partial charge in [0.05, 0.1) is 11.9 Å². The summed E-state index contributed by atoms with van der Waals surface area (Å²) in [6.45, 7) is 3.47. The topological polar surface area (TPSA) is 127 Å². The van der Waals surface area contributed by atoms with Gasteiger partial charge < -0.3 is 20.3 Å². The van der Waals surface area contributed by atoms with Gasteiger partial charge in [-0.25, -0.2) is 9.97 Å². The van der Waals surface area contributed by atoms with Gasteiger partial charge in [-0.15, -0.1) is 0 Å². The van der Waals surface area contributed by atoms with Crippen molar-refractivity contribution in [2.75, 3.05) is 43.4 Å². The first-order valence-electron chi connectivity index (χ1n) is 11.7. The van der Waals surface area contributed by atoms with Gasteiger partial charge in [0.15, 0.2) is 29.4 Å². The SMILES string of the molecule is CC(=O)c1ccc(OCC(=O)N2CCN(c3nc(N)nc4ncc(-c5ccc(Cl)cc5)nc34)CC2)cc1. The number of halogens is 1. The minimum atomic E-state index is -0.118. The molecule has 5 rings (SSSR count). The van der Waals surface area contributed by atoms with E-state index >= 15 is 0 Å². The molecule has 11 heteroatoms. The number of nitrogen functional groups attached to an aromatic ring is 1. The van der Waals surface area contributed by atoms with Gasteiger partial charge in [-0.3, -0.25) is 9.59 Å². The molecular formula is C26H24ClN7O3. The maximum absolute atomic E-state index is 12.7. The maximum Gasteiger partial charge on any atom is 0.260 e. The summed E-state index contributed by atoms with van der Waals surface area (Å²) < 4.78 is 5.62. The number of aromatic nitrogens is 4. The summed E-state index contributed by atoms with van der Waals surface area (Å²) in [5.74, 6) is 1.09. The van der Waals surface area contributed by atoms with Crippen molar-refractivity contribution in [3.63, 3.8) is 0 Å². The second kappa shape index (κ2) is 10.4. The minimum absolute atomic E-state index is 0.0223. The molecule has 2 aromatic heterocycles. The highest BCUT2D eigenvalue weighted by Crippen LogP contribution is 2.27. The number of Topliss-reactive ketones (excluding diaryl/α,β-unsaturated/α-hetero) is 1. The summed E-state index contributed by atoms with van der Waals surface area (Å²) in [5, 5.41) is 0.637. The second-order valence-electron chi connectivity index (χ2n) is 8.58. The fourth-order valence-electron chi connectivity index (χ4n) is 4.08. The van der Waals surface area contributed by atoms with Gasteiger partial charge in [0.2, 0.25) is 5.95 Å². The number of hydrogen-bond donors (Lipinski definition) is 1. The molecule has 10 nitrogen and oxygen atoms in total. The van der Waals surface area contributed by atoms with Crippen LogP contribution in [0.2, 0.25) is 5.02 Å². The number of nitrogens with two attached hydrogens (primary N) is 1. The molecular weight excluding hydrogens is 494 g/mol. The first kappa shape index (κ1) is 24.4. The Bertz CT molecular complexity index is 1450. The highest BCUT2D eigenvalue weighted by Gasteiger charge is 2.25. The smallest absolute Gasteiger partial charge is 0.260 e. The van der Waals surface area contributed by atoms with Crippen LogP contribution in [-0.2, 0) is 4.79 Å². The summed E-state index contributed by atoms with van der Waals surface area (Å²) in [5.41, 5.74) is 9.04. The number of ether oxygens (including phenoxy) is 1. The van der Waals surface area contributed by atoms with Crippen molar-refractivity contribution in [2.24, 2.45) is 0 Å². The van der Waals surface area contributed by atoms with Crippen molar-refractivity contribution in [3.05, 3.63) is 65.3 Å². The van der Waals surface area contributed by atoms with Gasteiger partial charge in [-0.1, -0.05) is 23.7 Å². The van der Waals surface area contributed by atoms with Gasteiger partial charge in [0.25, 0.3) is 5.91 Å². The van der Waals surface area contributed by atoms with Crippen LogP contribution in [0.4, 0.5) is 11.8 Å². The van der Waals surface area contributed by atoms with Gasteiger partial charge in [0, 0.05) is 42.3 Å². The zero-order chi connectivity index (χ0) is 25.9. The highest BCUT2D eigenvalue weighted by molar-refractivity contribution is 6.30. The lowest BCUT2D eigenvalue weighted by molar-refractivity contribution is -0.133. The summed E-state index contributed by atoms with van der Waals surface area (Å²) in [6.07, 6.45) is 1.64. The zero-order valence-electron chi connectivity index (χ0n) is 20.1. The molecule has 1 amide bonds. The van der Waals surface area contributed by atoms with Crippen LogP contribution in [-0.4, -0.2) is 69.3 Å². The monoisotopic (exact) mass is 517 g/mol. The molecule has 2 aromatic carbocycles. The normalized spacial score (nSPS) is 13.6. The predicted octanol–water partition coefficient (Wildman–Crippen LogP) is 3.25. The van der Waals surface area contributed by atoms with Gasteiger partial charge in [-0.2, -0.15) is 9.97 Å². The number of anilines is 2. The van der Waals surface area contributed by atoms with Crippen LogP contribution >= 0.6 is 11.6 Å². The summed E-state index contributed by atoms with van der Waals surface area (Å²) in [4.78, 5) is 45.8. The Hall–Kier alpha value is -4.31. The predicted molar refractivity (Wildman–Crippen MR) is 141 cm³/mol. The van der Waals surface area contributed by atoms with Crippen molar-refractivity contribution in [1.82, 2.24) is 24.8 Å². The van der Waals surface area contributed by atoms with Crippen LogP contribution in [0.3, 0.4) is 0 Å². The molecule has 188 valence electrons. The first-order chi connectivity index (χ1) is 17.9. The Labute approximate surface area is 218 Å². The molecule has 0 radical (unpaired) electrons. The molecule has 0 atom stereocenters. The van der Waals surface area contributed by atoms with Crippen LogP contribution in [0.15, 0.2) is 54.7 Å². The molecule has 4 aromatic rings. The first-order valence-corrected chi connectivity index (χ1v) is 12.1. The van der Waals surface area contributed by atoms with Gasteiger partial charge >= 0.3 is 0 Å². The number of fused-ring (bicyclic) bond motifs is 1. The molecule has 1 aliphatic heterocycles.